The number of nitrogens with one attached hydrogen (secondary N) is 1. The minimum atomic E-state index is -0.0548. The number of thioether (sulfide) groups is 1. The molecule has 5 nitrogen and oxygen atoms in total. The third-order valence-electron chi connectivity index (χ3n) is 5.51. The van der Waals surface area contributed by atoms with Gasteiger partial charge in [-0.25, -0.2) is 4.99 Å². The first-order chi connectivity index (χ1) is 15.9. The van der Waals surface area contributed by atoms with Crippen molar-refractivity contribution in [2.45, 2.75) is 27.2 Å². The molecule has 4 rings (SSSR count). The van der Waals surface area contributed by atoms with Crippen LogP contribution in [0.5, 0.6) is 5.75 Å². The first kappa shape index (κ1) is 22.8. The van der Waals surface area contributed by atoms with Crippen molar-refractivity contribution in [3.8, 4) is 5.75 Å². The predicted molar refractivity (Wildman–Crippen MR) is 139 cm³/mol. The van der Waals surface area contributed by atoms with E-state index in [-0.39, 0.29) is 11.7 Å². The minimum absolute atomic E-state index is 0.0548. The molecule has 0 spiro atoms. The molecule has 0 saturated heterocycles. The predicted octanol–water partition coefficient (Wildman–Crippen LogP) is 6.55. The maximum atomic E-state index is 12.6. The Labute approximate surface area is 199 Å². The van der Waals surface area contributed by atoms with Gasteiger partial charge in [0.1, 0.15) is 5.75 Å². The van der Waals surface area contributed by atoms with Gasteiger partial charge in [-0.1, -0.05) is 12.1 Å². The fourth-order valence-corrected chi connectivity index (χ4v) is 4.34. The van der Waals surface area contributed by atoms with E-state index in [9.17, 15) is 4.79 Å². The number of carbonyl (C=O) groups is 1. The van der Waals surface area contributed by atoms with E-state index in [1.165, 1.54) is 22.9 Å². The third-order valence-corrected chi connectivity index (χ3v) is 6.48. The van der Waals surface area contributed by atoms with Gasteiger partial charge in [-0.05, 0) is 91.6 Å². The monoisotopic (exact) mass is 457 g/mol. The van der Waals surface area contributed by atoms with Crippen LogP contribution in [0, 0.1) is 20.8 Å². The van der Waals surface area contributed by atoms with E-state index in [0.29, 0.717) is 6.42 Å². The number of hydrogen-bond donors (Lipinski definition) is 1. The van der Waals surface area contributed by atoms with Crippen LogP contribution in [0.4, 0.5) is 17.1 Å². The zero-order valence-corrected chi connectivity index (χ0v) is 20.1. The number of hydrogen-bond acceptors (Lipinski definition) is 5. The highest BCUT2D eigenvalue weighted by Gasteiger charge is 2.18. The molecule has 0 atom stereocenters. The number of amides is 1. The summed E-state index contributed by atoms with van der Waals surface area (Å²) in [4.78, 5) is 22.5. The molecule has 0 bridgehead atoms. The molecule has 3 aromatic rings. The molecule has 0 aromatic heterocycles. The second-order valence-electron chi connectivity index (χ2n) is 8.10. The van der Waals surface area contributed by atoms with Crippen molar-refractivity contribution in [2.24, 2.45) is 9.98 Å². The molecule has 168 valence electrons. The lowest BCUT2D eigenvalue weighted by Crippen LogP contribution is -2.16. The fraction of sp³-hybridized carbons (Fsp3) is 0.222. The number of nitrogens with zero attached hydrogens (tertiary/aromatic N) is 2. The topological polar surface area (TPSA) is 63.1 Å². The summed E-state index contributed by atoms with van der Waals surface area (Å²) in [6.07, 6.45) is 0.557. The molecule has 1 amide bonds. The van der Waals surface area contributed by atoms with Crippen LogP contribution in [0.3, 0.4) is 0 Å². The second-order valence-corrected chi connectivity index (χ2v) is 9.15. The number of benzene rings is 3. The Bertz CT molecular complexity index is 1250. The zero-order valence-electron chi connectivity index (χ0n) is 19.3. The maximum absolute atomic E-state index is 12.6. The van der Waals surface area contributed by atoms with E-state index in [1.807, 2.05) is 55.5 Å². The standard InChI is InChI=1S/C27H27N3O2S/c1-17-6-5-7-21(12-17)28-26(31)16-33-27-15-23(20-8-10-22(32-4)11-9-20)29-24-13-18(2)19(3)14-25(24)30-27/h5-14H,15-16H2,1-4H3,(H,28,31). The van der Waals surface area contributed by atoms with Crippen molar-refractivity contribution in [3.63, 3.8) is 0 Å². The van der Waals surface area contributed by atoms with E-state index in [0.717, 1.165) is 44.7 Å². The molecule has 33 heavy (non-hydrogen) atoms. The number of aryl methyl sites for hydroxylation is 3. The van der Waals surface area contributed by atoms with Crippen LogP contribution in [0.25, 0.3) is 0 Å². The number of ether oxygens (including phenoxy) is 1. The summed E-state index contributed by atoms with van der Waals surface area (Å²) >= 11 is 1.45. The van der Waals surface area contributed by atoms with Crippen LogP contribution in [0.2, 0.25) is 0 Å². The van der Waals surface area contributed by atoms with Crippen LogP contribution in [-0.4, -0.2) is 29.5 Å². The Hall–Kier alpha value is -3.38. The zero-order chi connectivity index (χ0) is 23.4. The Morgan fingerprint density at radius 3 is 2.33 bits per heavy atom. The van der Waals surface area contributed by atoms with Gasteiger partial charge in [0.25, 0.3) is 0 Å². The van der Waals surface area contributed by atoms with Gasteiger partial charge in [0.05, 0.1) is 35.0 Å². The summed E-state index contributed by atoms with van der Waals surface area (Å²) in [6, 6.07) is 19.8. The number of anilines is 1. The number of aliphatic imine (C=N–C) groups is 2. The summed E-state index contributed by atoms with van der Waals surface area (Å²) in [5.74, 6) is 1.03. The summed E-state index contributed by atoms with van der Waals surface area (Å²) in [6.45, 7) is 6.16. The van der Waals surface area contributed by atoms with Crippen molar-refractivity contribution in [1.82, 2.24) is 0 Å². The molecule has 1 aliphatic heterocycles. The average Bonchev–Trinajstić information content (AvgIpc) is 2.97. The largest absolute Gasteiger partial charge is 0.497 e. The Morgan fingerprint density at radius 1 is 0.970 bits per heavy atom. The van der Waals surface area contributed by atoms with Crippen molar-refractivity contribution in [3.05, 3.63) is 82.9 Å². The maximum Gasteiger partial charge on any atom is 0.234 e. The first-order valence-electron chi connectivity index (χ1n) is 10.8. The molecular formula is C27H27N3O2S. The Morgan fingerprint density at radius 2 is 1.67 bits per heavy atom. The lowest BCUT2D eigenvalue weighted by Gasteiger charge is -2.09. The minimum Gasteiger partial charge on any atom is -0.497 e. The van der Waals surface area contributed by atoms with E-state index < -0.39 is 0 Å². The van der Waals surface area contributed by atoms with Gasteiger partial charge in [0.2, 0.25) is 5.91 Å². The molecule has 0 radical (unpaired) electrons. The lowest BCUT2D eigenvalue weighted by atomic mass is 10.1. The number of carbonyl (C=O) groups excluding carboxylic acids is 1. The SMILES string of the molecule is COc1ccc(C2=Nc3cc(C)c(C)cc3N=C(SCC(=O)Nc3cccc(C)c3)C2)cc1. The third kappa shape index (κ3) is 5.71. The van der Waals surface area contributed by atoms with Crippen LogP contribution < -0.4 is 10.1 Å². The normalized spacial score (nSPS) is 12.8. The number of rotatable bonds is 5. The van der Waals surface area contributed by atoms with Crippen LogP contribution in [0.15, 0.2) is 70.6 Å². The molecule has 3 aromatic carbocycles. The number of methoxy groups -OCH3 is 1. The lowest BCUT2D eigenvalue weighted by molar-refractivity contribution is -0.113. The van der Waals surface area contributed by atoms with Crippen molar-refractivity contribution < 1.29 is 9.53 Å². The molecule has 0 aliphatic carbocycles. The van der Waals surface area contributed by atoms with Gasteiger partial charge in [-0.15, -0.1) is 11.8 Å². The first-order valence-corrected chi connectivity index (χ1v) is 11.8. The Balaban J connectivity index is 1.58. The van der Waals surface area contributed by atoms with Crippen molar-refractivity contribution in [1.29, 1.82) is 0 Å². The summed E-state index contributed by atoms with van der Waals surface area (Å²) in [7, 11) is 1.66. The van der Waals surface area contributed by atoms with Gasteiger partial charge in [0.15, 0.2) is 0 Å². The van der Waals surface area contributed by atoms with E-state index in [1.54, 1.807) is 7.11 Å². The van der Waals surface area contributed by atoms with Crippen LogP contribution in [-0.2, 0) is 4.79 Å². The van der Waals surface area contributed by atoms with Crippen molar-refractivity contribution >= 4 is 45.5 Å². The summed E-state index contributed by atoms with van der Waals surface area (Å²) in [5.41, 5.74) is 7.88. The second kappa shape index (κ2) is 10.0. The summed E-state index contributed by atoms with van der Waals surface area (Å²) in [5, 5.41) is 3.84. The van der Waals surface area contributed by atoms with Gasteiger partial charge in [-0.3, -0.25) is 9.79 Å². The van der Waals surface area contributed by atoms with Gasteiger partial charge in [0, 0.05) is 12.1 Å². The molecule has 1 aliphatic rings. The quantitative estimate of drug-likeness (QED) is 0.473. The molecular weight excluding hydrogens is 430 g/mol. The molecule has 0 unspecified atom stereocenters. The Kier molecular flexibility index (Phi) is 6.94. The smallest absolute Gasteiger partial charge is 0.234 e. The average molecular weight is 458 g/mol. The number of fused-ring (bicyclic) bond motifs is 1. The van der Waals surface area contributed by atoms with Gasteiger partial charge < -0.3 is 10.1 Å². The molecule has 1 N–H and O–H groups in total. The molecule has 6 heteroatoms. The van der Waals surface area contributed by atoms with Gasteiger partial charge >= 0.3 is 0 Å². The fourth-order valence-electron chi connectivity index (χ4n) is 3.57. The molecule has 1 heterocycles. The summed E-state index contributed by atoms with van der Waals surface area (Å²) < 4.78 is 5.30. The highest BCUT2D eigenvalue weighted by atomic mass is 32.2. The molecule has 0 fully saturated rings. The van der Waals surface area contributed by atoms with Gasteiger partial charge in [-0.2, -0.15) is 0 Å². The molecule has 0 saturated carbocycles. The van der Waals surface area contributed by atoms with E-state index in [4.69, 9.17) is 14.7 Å². The van der Waals surface area contributed by atoms with Crippen molar-refractivity contribution in [2.75, 3.05) is 18.2 Å². The van der Waals surface area contributed by atoms with Crippen LogP contribution in [0.1, 0.15) is 28.7 Å². The van der Waals surface area contributed by atoms with E-state index in [2.05, 4.69) is 31.3 Å². The highest BCUT2D eigenvalue weighted by Crippen LogP contribution is 2.36. The highest BCUT2D eigenvalue weighted by molar-refractivity contribution is 8.14. The van der Waals surface area contributed by atoms with Crippen LogP contribution >= 0.6 is 11.8 Å². The van der Waals surface area contributed by atoms with E-state index >= 15 is 0 Å².